The summed E-state index contributed by atoms with van der Waals surface area (Å²) in [6.07, 6.45) is 9.97. The van der Waals surface area contributed by atoms with Gasteiger partial charge in [-0.05, 0) is 31.1 Å². The SMILES string of the molecule is C#CC(=O)NC(=O)/C(C)=C\c1ccc(-c2ccc(C(=O)C3=C[CH]3)cc2)o1.[HH].[HH].[HH]. The highest BCUT2D eigenvalue weighted by Crippen LogP contribution is 2.26. The fourth-order valence-electron chi connectivity index (χ4n) is 2.25. The number of ketones is 1. The Kier molecular flexibility index (Phi) is 4.68. The number of allylic oxidation sites excluding steroid dienone is 2. The fourth-order valence-corrected chi connectivity index (χ4v) is 2.25. The lowest BCUT2D eigenvalue weighted by Gasteiger charge is -2.01. The van der Waals surface area contributed by atoms with Gasteiger partial charge in [-0.3, -0.25) is 19.7 Å². The molecule has 0 unspecified atom stereocenters. The monoisotopic (exact) mass is 350 g/mol. The fraction of sp³-hybridized carbons (Fsp3) is 0.0476. The molecule has 1 aliphatic rings. The molecule has 1 aromatic carbocycles. The molecule has 0 fully saturated rings. The van der Waals surface area contributed by atoms with Gasteiger partial charge in [-0.1, -0.05) is 30.3 Å². The van der Waals surface area contributed by atoms with Crippen molar-refractivity contribution in [3.63, 3.8) is 0 Å². The molecule has 0 saturated heterocycles. The van der Waals surface area contributed by atoms with Crippen LogP contribution in [0.15, 0.2) is 58.0 Å². The van der Waals surface area contributed by atoms with Crippen molar-refractivity contribution < 1.29 is 23.1 Å². The van der Waals surface area contributed by atoms with E-state index in [1.807, 2.05) is 5.92 Å². The molecule has 1 N–H and O–H groups in total. The Morgan fingerprint density at radius 1 is 1.15 bits per heavy atom. The second kappa shape index (κ2) is 7.08. The van der Waals surface area contributed by atoms with Crippen molar-refractivity contribution in [1.29, 1.82) is 0 Å². The summed E-state index contributed by atoms with van der Waals surface area (Å²) in [6, 6.07) is 10.6. The summed E-state index contributed by atoms with van der Waals surface area (Å²) < 4.78 is 5.70. The van der Waals surface area contributed by atoms with Crippen molar-refractivity contribution >= 4 is 23.7 Å². The number of hydrogen-bond acceptors (Lipinski definition) is 4. The van der Waals surface area contributed by atoms with Crippen LogP contribution in [0.3, 0.4) is 0 Å². The zero-order valence-corrected chi connectivity index (χ0v) is 13.9. The molecule has 2 amide bonds. The van der Waals surface area contributed by atoms with Gasteiger partial charge >= 0.3 is 5.91 Å². The summed E-state index contributed by atoms with van der Waals surface area (Å²) in [5.74, 6) is 1.49. The number of rotatable bonds is 5. The van der Waals surface area contributed by atoms with Crippen molar-refractivity contribution in [2.24, 2.45) is 0 Å². The van der Waals surface area contributed by atoms with Crippen LogP contribution in [0.1, 0.15) is 27.3 Å². The Morgan fingerprint density at radius 3 is 2.46 bits per heavy atom. The third-order valence-electron chi connectivity index (χ3n) is 3.73. The van der Waals surface area contributed by atoms with E-state index in [-0.39, 0.29) is 15.6 Å². The van der Waals surface area contributed by atoms with Crippen LogP contribution in [0.4, 0.5) is 0 Å². The van der Waals surface area contributed by atoms with E-state index in [1.54, 1.807) is 55.8 Å². The number of imide groups is 1. The van der Waals surface area contributed by atoms with Gasteiger partial charge < -0.3 is 4.42 Å². The van der Waals surface area contributed by atoms with Gasteiger partial charge in [0, 0.05) is 33.0 Å². The van der Waals surface area contributed by atoms with E-state index in [9.17, 15) is 14.4 Å². The summed E-state index contributed by atoms with van der Waals surface area (Å²) in [6.45, 7) is 1.55. The topological polar surface area (TPSA) is 76.4 Å². The van der Waals surface area contributed by atoms with Crippen LogP contribution in [0.2, 0.25) is 0 Å². The van der Waals surface area contributed by atoms with Gasteiger partial charge in [0.15, 0.2) is 5.78 Å². The highest BCUT2D eigenvalue weighted by molar-refractivity contribution is 6.14. The number of benzene rings is 1. The van der Waals surface area contributed by atoms with Gasteiger partial charge in [0.05, 0.1) is 0 Å². The molecule has 26 heavy (non-hydrogen) atoms. The summed E-state index contributed by atoms with van der Waals surface area (Å²) >= 11 is 0. The summed E-state index contributed by atoms with van der Waals surface area (Å²) in [4.78, 5) is 34.8. The Morgan fingerprint density at radius 2 is 1.85 bits per heavy atom. The van der Waals surface area contributed by atoms with Crippen LogP contribution in [0, 0.1) is 18.8 Å². The predicted octanol–water partition coefficient (Wildman–Crippen LogP) is 3.69. The van der Waals surface area contributed by atoms with Crippen molar-refractivity contribution in [2.75, 3.05) is 0 Å². The molecule has 1 radical (unpaired) electrons. The van der Waals surface area contributed by atoms with E-state index in [0.717, 1.165) is 11.1 Å². The smallest absolute Gasteiger partial charge is 0.302 e. The molecule has 0 bridgehead atoms. The first kappa shape index (κ1) is 17.2. The average Bonchev–Trinajstić information content (AvgIpc) is 3.40. The first-order valence-electron chi connectivity index (χ1n) is 7.78. The number of Topliss-reactive ketones (excluding diaryl/α,β-unsaturated/α-hetero) is 1. The zero-order chi connectivity index (χ0) is 18.7. The Bertz CT molecular complexity index is 1010. The number of carbonyl (C=O) groups is 3. The third kappa shape index (κ3) is 3.87. The van der Waals surface area contributed by atoms with E-state index in [4.69, 9.17) is 10.8 Å². The molecule has 133 valence electrons. The number of terminal acetylenes is 1. The minimum atomic E-state index is -0.794. The van der Waals surface area contributed by atoms with E-state index in [2.05, 4.69) is 5.32 Å². The molecule has 5 nitrogen and oxygen atoms in total. The predicted molar refractivity (Wildman–Crippen MR) is 103 cm³/mol. The van der Waals surface area contributed by atoms with Gasteiger partial charge in [-0.15, -0.1) is 6.42 Å². The van der Waals surface area contributed by atoms with Crippen LogP contribution in [0.25, 0.3) is 17.4 Å². The molecule has 2 aromatic rings. The molecule has 1 aromatic heterocycles. The van der Waals surface area contributed by atoms with Crippen LogP contribution < -0.4 is 5.32 Å². The largest absolute Gasteiger partial charge is 0.457 e. The van der Waals surface area contributed by atoms with E-state index >= 15 is 0 Å². The molecule has 0 saturated carbocycles. The van der Waals surface area contributed by atoms with Gasteiger partial charge in [0.2, 0.25) is 0 Å². The van der Waals surface area contributed by atoms with Crippen molar-refractivity contribution in [3.8, 4) is 23.7 Å². The summed E-state index contributed by atoms with van der Waals surface area (Å²) in [5, 5.41) is 2.06. The van der Waals surface area contributed by atoms with Crippen LogP contribution in [-0.2, 0) is 9.59 Å². The number of amides is 2. The lowest BCUT2D eigenvalue weighted by atomic mass is 10.1. The molecular weight excluding hydrogens is 330 g/mol. The van der Waals surface area contributed by atoms with Crippen molar-refractivity contribution in [1.82, 2.24) is 5.32 Å². The molecule has 0 aliphatic heterocycles. The lowest BCUT2D eigenvalue weighted by molar-refractivity contribution is -0.125. The molecular formula is C21H20NO4. The van der Waals surface area contributed by atoms with Crippen molar-refractivity contribution in [2.45, 2.75) is 6.92 Å². The maximum absolute atomic E-state index is 11.9. The van der Waals surface area contributed by atoms with Gasteiger partial charge in [0.1, 0.15) is 11.5 Å². The van der Waals surface area contributed by atoms with Crippen LogP contribution in [0.5, 0.6) is 0 Å². The standard InChI is InChI=1S/C21H14NO4.3H2/c1-3-19(23)22-21(25)13(2)12-17-10-11-18(26-17)14-4-6-15(7-5-14)20(24)16-8-9-16;;;/h1,4-12H,2H3,(H,22,23,25);3*1H/b13-12-;;;. The van der Waals surface area contributed by atoms with E-state index < -0.39 is 11.8 Å². The van der Waals surface area contributed by atoms with Crippen molar-refractivity contribution in [3.05, 3.63) is 71.4 Å². The molecule has 0 atom stereocenters. The second-order valence-electron chi connectivity index (χ2n) is 5.65. The minimum absolute atomic E-state index is 0. The number of hydrogen-bond donors (Lipinski definition) is 1. The summed E-state index contributed by atoms with van der Waals surface area (Å²) in [5.41, 5.74) is 2.43. The normalized spacial score (nSPS) is 12.8. The Hall–Kier alpha value is -3.65. The third-order valence-corrected chi connectivity index (χ3v) is 3.73. The van der Waals surface area contributed by atoms with E-state index in [0.29, 0.717) is 17.1 Å². The maximum Gasteiger partial charge on any atom is 0.302 e. The minimum Gasteiger partial charge on any atom is -0.457 e. The number of carbonyl (C=O) groups excluding carboxylic acids is 3. The molecule has 0 spiro atoms. The molecule has 1 heterocycles. The molecule has 1 aliphatic carbocycles. The molecule has 5 heteroatoms. The van der Waals surface area contributed by atoms with E-state index in [1.165, 1.54) is 6.08 Å². The highest BCUT2D eigenvalue weighted by Gasteiger charge is 2.19. The quantitative estimate of drug-likeness (QED) is 0.507. The second-order valence-corrected chi connectivity index (χ2v) is 5.65. The van der Waals surface area contributed by atoms with Gasteiger partial charge in [-0.25, -0.2) is 0 Å². The van der Waals surface area contributed by atoms with Crippen LogP contribution >= 0.6 is 0 Å². The van der Waals surface area contributed by atoms with Gasteiger partial charge in [-0.2, -0.15) is 0 Å². The first-order valence-corrected chi connectivity index (χ1v) is 7.78. The first-order chi connectivity index (χ1) is 12.5. The Balaban J connectivity index is 0.00000261. The number of nitrogens with one attached hydrogen (secondary N) is 1. The average molecular weight is 350 g/mol. The Labute approximate surface area is 154 Å². The zero-order valence-electron chi connectivity index (χ0n) is 13.9. The lowest BCUT2D eigenvalue weighted by Crippen LogP contribution is -2.29. The summed E-state index contributed by atoms with van der Waals surface area (Å²) in [7, 11) is 0. The number of furan rings is 1. The van der Waals surface area contributed by atoms with Gasteiger partial charge in [0.25, 0.3) is 5.91 Å². The maximum atomic E-state index is 11.9. The highest BCUT2D eigenvalue weighted by atomic mass is 16.3. The molecule has 3 rings (SSSR count). The van der Waals surface area contributed by atoms with Crippen LogP contribution in [-0.4, -0.2) is 17.6 Å².